The van der Waals surface area contributed by atoms with Crippen molar-refractivity contribution >= 4 is 5.96 Å². The van der Waals surface area contributed by atoms with E-state index in [1.807, 2.05) is 37.9 Å². The van der Waals surface area contributed by atoms with Crippen LogP contribution in [0, 0.1) is 6.92 Å². The highest BCUT2D eigenvalue weighted by Gasteiger charge is 2.25. The van der Waals surface area contributed by atoms with E-state index in [1.165, 1.54) is 0 Å². The number of methoxy groups -OCH3 is 2. The molecule has 5 nitrogen and oxygen atoms in total. The minimum atomic E-state index is -4.10. The molecule has 0 fully saturated rings. The molecule has 0 aliphatic carbocycles. The van der Waals surface area contributed by atoms with Crippen molar-refractivity contribution in [1.29, 1.82) is 0 Å². The molecule has 1 N–H and O–H groups in total. The van der Waals surface area contributed by atoms with Crippen molar-refractivity contribution in [2.75, 3.05) is 34.4 Å². The summed E-state index contributed by atoms with van der Waals surface area (Å²) in [6.07, 6.45) is -4.38. The van der Waals surface area contributed by atoms with Crippen LogP contribution >= 0.6 is 0 Å². The Bertz CT molecular complexity index is 619. The molecule has 0 radical (unpaired) electrons. The summed E-state index contributed by atoms with van der Waals surface area (Å²) in [7, 11) is 5.08. The number of nitrogens with zero attached hydrogens (tertiary/aromatic N) is 2. The molecule has 0 heterocycles. The van der Waals surface area contributed by atoms with E-state index in [9.17, 15) is 13.2 Å². The Morgan fingerprint density at radius 1 is 1.15 bits per heavy atom. The number of hydrogen-bond acceptors (Lipinski definition) is 3. The van der Waals surface area contributed by atoms with Gasteiger partial charge >= 0.3 is 6.18 Å². The molecule has 0 spiro atoms. The Morgan fingerprint density at radius 3 is 2.33 bits per heavy atom. The van der Waals surface area contributed by atoms with Crippen molar-refractivity contribution < 1.29 is 22.6 Å². The smallest absolute Gasteiger partial charge is 0.389 e. The van der Waals surface area contributed by atoms with E-state index in [0.29, 0.717) is 43.5 Å². The van der Waals surface area contributed by atoms with Crippen molar-refractivity contribution in [3.8, 4) is 11.5 Å². The normalized spacial score (nSPS) is 12.1. The van der Waals surface area contributed by atoms with Gasteiger partial charge in [0.15, 0.2) is 17.5 Å². The van der Waals surface area contributed by atoms with E-state index in [2.05, 4.69) is 10.3 Å². The van der Waals surface area contributed by atoms with E-state index < -0.39 is 12.6 Å². The van der Waals surface area contributed by atoms with Gasteiger partial charge in [-0.2, -0.15) is 13.2 Å². The second-order valence-electron chi connectivity index (χ2n) is 6.30. The van der Waals surface area contributed by atoms with Gasteiger partial charge in [0.1, 0.15) is 0 Å². The number of rotatable bonds is 9. The minimum absolute atomic E-state index is 0.0882. The van der Waals surface area contributed by atoms with Crippen molar-refractivity contribution in [3.63, 3.8) is 0 Å². The molecule has 0 saturated carbocycles. The van der Waals surface area contributed by atoms with Crippen LogP contribution in [0.15, 0.2) is 17.1 Å². The number of nitrogens with one attached hydrogen (secondary N) is 1. The lowest BCUT2D eigenvalue weighted by atomic mass is 10.1. The molecule has 0 amide bonds. The Labute approximate surface area is 159 Å². The number of aliphatic imine (C=N–C) groups is 1. The predicted molar refractivity (Wildman–Crippen MR) is 102 cm³/mol. The largest absolute Gasteiger partial charge is 0.493 e. The molecule has 0 unspecified atom stereocenters. The molecule has 1 rings (SSSR count). The first-order valence-electron chi connectivity index (χ1n) is 8.99. The highest BCUT2D eigenvalue weighted by atomic mass is 19.4. The molecule has 0 aliphatic rings. The number of ether oxygens (including phenoxy) is 2. The quantitative estimate of drug-likeness (QED) is 0.392. The maximum atomic E-state index is 12.2. The Hall–Kier alpha value is -2.12. The fourth-order valence-corrected chi connectivity index (χ4v) is 2.62. The second kappa shape index (κ2) is 10.9. The molecule has 0 saturated heterocycles. The summed E-state index contributed by atoms with van der Waals surface area (Å²) in [5, 5.41) is 3.18. The molecular weight excluding hydrogens is 359 g/mol. The molecule has 0 aliphatic heterocycles. The molecule has 0 aromatic heterocycles. The van der Waals surface area contributed by atoms with Crippen molar-refractivity contribution in [2.24, 2.45) is 4.99 Å². The lowest BCUT2D eigenvalue weighted by molar-refractivity contribution is -0.135. The van der Waals surface area contributed by atoms with Crippen LogP contribution in [0.1, 0.15) is 37.3 Å². The highest BCUT2D eigenvalue weighted by Crippen LogP contribution is 2.30. The third-order valence-electron chi connectivity index (χ3n) is 4.08. The fourth-order valence-electron chi connectivity index (χ4n) is 2.62. The zero-order valence-corrected chi connectivity index (χ0v) is 16.7. The number of unbranched alkanes of at least 4 members (excludes halogenated alkanes) is 1. The van der Waals surface area contributed by atoms with E-state index in [1.54, 1.807) is 14.2 Å². The Balaban J connectivity index is 2.77. The van der Waals surface area contributed by atoms with Gasteiger partial charge in [-0.3, -0.25) is 4.99 Å². The minimum Gasteiger partial charge on any atom is -0.493 e. The number of guanidine groups is 1. The van der Waals surface area contributed by atoms with Crippen LogP contribution in [0.5, 0.6) is 11.5 Å². The molecule has 0 bridgehead atoms. The van der Waals surface area contributed by atoms with E-state index in [0.717, 1.165) is 11.1 Å². The maximum absolute atomic E-state index is 12.2. The van der Waals surface area contributed by atoms with Crippen LogP contribution in [0.25, 0.3) is 0 Å². The van der Waals surface area contributed by atoms with Gasteiger partial charge in [0.2, 0.25) is 0 Å². The average Bonchev–Trinajstić information content (AvgIpc) is 2.60. The third kappa shape index (κ3) is 7.97. The van der Waals surface area contributed by atoms with E-state index >= 15 is 0 Å². The zero-order chi connectivity index (χ0) is 20.4. The molecule has 8 heteroatoms. The summed E-state index contributed by atoms with van der Waals surface area (Å²) in [4.78, 5) is 6.39. The number of halogens is 3. The molecule has 154 valence electrons. The van der Waals surface area contributed by atoms with Gasteiger partial charge in [-0.25, -0.2) is 0 Å². The number of hydrogen-bond donors (Lipinski definition) is 1. The van der Waals surface area contributed by atoms with Crippen molar-refractivity contribution in [3.05, 3.63) is 23.3 Å². The average molecular weight is 389 g/mol. The molecule has 27 heavy (non-hydrogen) atoms. The van der Waals surface area contributed by atoms with Crippen molar-refractivity contribution in [1.82, 2.24) is 10.2 Å². The van der Waals surface area contributed by atoms with Gasteiger partial charge in [-0.1, -0.05) is 0 Å². The van der Waals surface area contributed by atoms with Crippen LogP contribution < -0.4 is 14.8 Å². The topological polar surface area (TPSA) is 46.1 Å². The third-order valence-corrected chi connectivity index (χ3v) is 4.08. The second-order valence-corrected chi connectivity index (χ2v) is 6.30. The first kappa shape index (κ1) is 22.9. The molecule has 0 atom stereocenters. The van der Waals surface area contributed by atoms with Gasteiger partial charge in [0, 0.05) is 33.1 Å². The summed E-state index contributed by atoms with van der Waals surface area (Å²) in [6.45, 7) is 5.56. The Kier molecular flexibility index (Phi) is 9.25. The summed E-state index contributed by atoms with van der Waals surface area (Å²) in [5.74, 6) is 1.99. The number of alkyl halides is 3. The highest BCUT2D eigenvalue weighted by molar-refractivity contribution is 5.79. The van der Waals surface area contributed by atoms with Gasteiger partial charge in [-0.05, 0) is 49.9 Å². The van der Waals surface area contributed by atoms with Crippen LogP contribution in [0.2, 0.25) is 0 Å². The standard InChI is InChI=1S/C19H30F3N3O2/c1-6-23-18(24-10-8-7-9-19(20,21)22)25(3)13-15-12-17(27-5)16(26-4)11-14(15)2/h11-12H,6-10,13H2,1-5H3,(H,23,24). The van der Waals surface area contributed by atoms with Crippen LogP contribution in [0.3, 0.4) is 0 Å². The van der Waals surface area contributed by atoms with Gasteiger partial charge in [-0.15, -0.1) is 0 Å². The Morgan fingerprint density at radius 2 is 1.78 bits per heavy atom. The van der Waals surface area contributed by atoms with Crippen LogP contribution in [-0.4, -0.2) is 51.4 Å². The van der Waals surface area contributed by atoms with Gasteiger partial charge in [0.05, 0.1) is 14.2 Å². The first-order valence-corrected chi connectivity index (χ1v) is 8.99. The molecule has 1 aromatic carbocycles. The maximum Gasteiger partial charge on any atom is 0.389 e. The summed E-state index contributed by atoms with van der Waals surface area (Å²) in [6, 6.07) is 3.85. The molecular formula is C19H30F3N3O2. The first-order chi connectivity index (χ1) is 12.7. The van der Waals surface area contributed by atoms with E-state index in [-0.39, 0.29) is 6.42 Å². The fraction of sp³-hybridized carbons (Fsp3) is 0.632. The van der Waals surface area contributed by atoms with Crippen LogP contribution in [-0.2, 0) is 6.54 Å². The zero-order valence-electron chi connectivity index (χ0n) is 16.7. The summed E-state index contributed by atoms with van der Waals surface area (Å²) >= 11 is 0. The lowest BCUT2D eigenvalue weighted by Gasteiger charge is -2.23. The summed E-state index contributed by atoms with van der Waals surface area (Å²) in [5.41, 5.74) is 2.11. The monoisotopic (exact) mass is 389 g/mol. The number of benzene rings is 1. The number of aryl methyl sites for hydroxylation is 1. The van der Waals surface area contributed by atoms with Crippen molar-refractivity contribution in [2.45, 2.75) is 45.8 Å². The van der Waals surface area contributed by atoms with Crippen LogP contribution in [0.4, 0.5) is 13.2 Å². The van der Waals surface area contributed by atoms with Gasteiger partial charge < -0.3 is 19.7 Å². The predicted octanol–water partition coefficient (Wildman–Crippen LogP) is 4.14. The SMILES string of the molecule is CCNC(=NCCCCC(F)(F)F)N(C)Cc1cc(OC)c(OC)cc1C. The van der Waals surface area contributed by atoms with Gasteiger partial charge in [0.25, 0.3) is 0 Å². The molecule has 1 aromatic rings. The lowest BCUT2D eigenvalue weighted by Crippen LogP contribution is -2.38. The van der Waals surface area contributed by atoms with E-state index in [4.69, 9.17) is 9.47 Å². The summed E-state index contributed by atoms with van der Waals surface area (Å²) < 4.78 is 47.3.